The van der Waals surface area contributed by atoms with Crippen molar-refractivity contribution in [3.63, 3.8) is 0 Å². The third-order valence-corrected chi connectivity index (χ3v) is 3.54. The Labute approximate surface area is 107 Å². The maximum atomic E-state index is 11.9. The molecule has 1 fully saturated rings. The van der Waals surface area contributed by atoms with E-state index in [-0.39, 0.29) is 12.1 Å². The van der Waals surface area contributed by atoms with Gasteiger partial charge in [0.25, 0.3) is 0 Å². The Balaban J connectivity index is 2.31. The molecule has 18 heavy (non-hydrogen) atoms. The number of rotatable bonds is 1. The zero-order chi connectivity index (χ0) is 13.1. The van der Waals surface area contributed by atoms with Gasteiger partial charge in [-0.05, 0) is 31.7 Å². The third-order valence-electron chi connectivity index (χ3n) is 3.54. The van der Waals surface area contributed by atoms with E-state index in [1.165, 1.54) is 0 Å². The van der Waals surface area contributed by atoms with Gasteiger partial charge in [0.05, 0.1) is 6.04 Å². The summed E-state index contributed by atoms with van der Waals surface area (Å²) in [7, 11) is 0. The van der Waals surface area contributed by atoms with Gasteiger partial charge in [-0.15, -0.1) is 0 Å². The van der Waals surface area contributed by atoms with Gasteiger partial charge in [0, 0.05) is 6.04 Å². The Morgan fingerprint density at radius 3 is 2.50 bits per heavy atom. The maximum absolute atomic E-state index is 11.9. The summed E-state index contributed by atoms with van der Waals surface area (Å²) >= 11 is 0. The van der Waals surface area contributed by atoms with Crippen LogP contribution in [0.4, 0.5) is 0 Å². The van der Waals surface area contributed by atoms with Crippen LogP contribution in [0.1, 0.15) is 37.8 Å². The summed E-state index contributed by atoms with van der Waals surface area (Å²) in [5.41, 5.74) is 6.21. The zero-order valence-electron chi connectivity index (χ0n) is 10.5. The standard InChI is InChI=1S/C14H18N2O2/c1-10-6-5-9-12(11-7-3-2-4-8-11)16(10)14(18)13(15)17/h2-4,7-8,10,12H,5-6,9H2,1H3,(H2,15,17)/t10-,12-/m1/s1. The average Bonchev–Trinajstić information content (AvgIpc) is 2.38. The number of nitrogens with zero attached hydrogens (tertiary/aromatic N) is 1. The maximum Gasteiger partial charge on any atom is 0.312 e. The van der Waals surface area contributed by atoms with Crippen molar-refractivity contribution in [1.29, 1.82) is 0 Å². The van der Waals surface area contributed by atoms with Crippen LogP contribution in [0.3, 0.4) is 0 Å². The second-order valence-electron chi connectivity index (χ2n) is 4.78. The van der Waals surface area contributed by atoms with Crippen LogP contribution in [0.5, 0.6) is 0 Å². The fraction of sp³-hybridized carbons (Fsp3) is 0.429. The summed E-state index contributed by atoms with van der Waals surface area (Å²) in [4.78, 5) is 24.7. The molecule has 0 bridgehead atoms. The molecule has 1 aromatic rings. The van der Waals surface area contributed by atoms with Crippen molar-refractivity contribution in [3.05, 3.63) is 35.9 Å². The summed E-state index contributed by atoms with van der Waals surface area (Å²) < 4.78 is 0. The molecule has 0 aliphatic carbocycles. The summed E-state index contributed by atoms with van der Waals surface area (Å²) in [6.07, 6.45) is 2.86. The number of likely N-dealkylation sites (tertiary alicyclic amines) is 1. The van der Waals surface area contributed by atoms with E-state index in [1.807, 2.05) is 37.3 Å². The van der Waals surface area contributed by atoms with E-state index in [0.717, 1.165) is 24.8 Å². The van der Waals surface area contributed by atoms with E-state index in [9.17, 15) is 9.59 Å². The zero-order valence-corrected chi connectivity index (χ0v) is 10.5. The lowest BCUT2D eigenvalue weighted by atomic mass is 9.91. The number of nitrogens with two attached hydrogens (primary N) is 1. The van der Waals surface area contributed by atoms with Crippen LogP contribution >= 0.6 is 0 Å². The number of carbonyl (C=O) groups is 2. The van der Waals surface area contributed by atoms with Gasteiger partial charge in [0.15, 0.2) is 0 Å². The molecular weight excluding hydrogens is 228 g/mol. The van der Waals surface area contributed by atoms with Crippen molar-refractivity contribution in [1.82, 2.24) is 4.90 Å². The first kappa shape index (κ1) is 12.6. The molecule has 1 aliphatic heterocycles. The van der Waals surface area contributed by atoms with Gasteiger partial charge in [-0.1, -0.05) is 30.3 Å². The molecule has 1 saturated heterocycles. The van der Waals surface area contributed by atoms with Crippen molar-refractivity contribution < 1.29 is 9.59 Å². The molecule has 0 radical (unpaired) electrons. The van der Waals surface area contributed by atoms with Gasteiger partial charge in [-0.25, -0.2) is 0 Å². The van der Waals surface area contributed by atoms with Crippen LogP contribution < -0.4 is 5.73 Å². The highest BCUT2D eigenvalue weighted by atomic mass is 16.2. The number of amides is 2. The number of hydrogen-bond donors (Lipinski definition) is 1. The van der Waals surface area contributed by atoms with Crippen LogP contribution in [0.25, 0.3) is 0 Å². The first-order valence-electron chi connectivity index (χ1n) is 6.28. The summed E-state index contributed by atoms with van der Waals surface area (Å²) in [6.45, 7) is 1.97. The van der Waals surface area contributed by atoms with Crippen molar-refractivity contribution in [2.75, 3.05) is 0 Å². The van der Waals surface area contributed by atoms with E-state index in [2.05, 4.69) is 0 Å². The van der Waals surface area contributed by atoms with E-state index in [4.69, 9.17) is 5.73 Å². The fourth-order valence-corrected chi connectivity index (χ4v) is 2.66. The van der Waals surface area contributed by atoms with Gasteiger partial charge in [0.2, 0.25) is 0 Å². The Kier molecular flexibility index (Phi) is 3.65. The number of primary amides is 1. The van der Waals surface area contributed by atoms with Gasteiger partial charge in [-0.2, -0.15) is 0 Å². The van der Waals surface area contributed by atoms with E-state index in [1.54, 1.807) is 4.90 Å². The Morgan fingerprint density at radius 1 is 1.22 bits per heavy atom. The second kappa shape index (κ2) is 5.21. The number of hydrogen-bond acceptors (Lipinski definition) is 2. The van der Waals surface area contributed by atoms with Crippen molar-refractivity contribution in [3.8, 4) is 0 Å². The highest BCUT2D eigenvalue weighted by Crippen LogP contribution is 2.34. The van der Waals surface area contributed by atoms with Crippen LogP contribution in [-0.2, 0) is 9.59 Å². The molecule has 2 atom stereocenters. The number of piperidine rings is 1. The quantitative estimate of drug-likeness (QED) is 0.765. The second-order valence-corrected chi connectivity index (χ2v) is 4.78. The van der Waals surface area contributed by atoms with Crippen LogP contribution in [-0.4, -0.2) is 22.8 Å². The molecule has 2 rings (SSSR count). The number of carbonyl (C=O) groups excluding carboxylic acids is 2. The Bertz CT molecular complexity index is 444. The monoisotopic (exact) mass is 246 g/mol. The molecule has 4 nitrogen and oxygen atoms in total. The van der Waals surface area contributed by atoms with E-state index >= 15 is 0 Å². The Morgan fingerprint density at radius 2 is 1.89 bits per heavy atom. The first-order chi connectivity index (χ1) is 8.61. The first-order valence-corrected chi connectivity index (χ1v) is 6.28. The molecule has 0 aromatic heterocycles. The topological polar surface area (TPSA) is 63.4 Å². The lowest BCUT2D eigenvalue weighted by molar-refractivity contribution is -0.149. The van der Waals surface area contributed by atoms with Gasteiger partial charge >= 0.3 is 11.8 Å². The van der Waals surface area contributed by atoms with Crippen molar-refractivity contribution >= 4 is 11.8 Å². The Hall–Kier alpha value is -1.84. The van der Waals surface area contributed by atoms with Crippen molar-refractivity contribution in [2.45, 2.75) is 38.3 Å². The molecule has 1 heterocycles. The minimum absolute atomic E-state index is 0.0325. The van der Waals surface area contributed by atoms with Gasteiger partial charge in [-0.3, -0.25) is 9.59 Å². The minimum atomic E-state index is -0.871. The van der Waals surface area contributed by atoms with Crippen LogP contribution in [0, 0.1) is 0 Å². The molecule has 2 N–H and O–H groups in total. The molecule has 96 valence electrons. The minimum Gasteiger partial charge on any atom is -0.361 e. The van der Waals surface area contributed by atoms with Gasteiger partial charge < -0.3 is 10.6 Å². The van der Waals surface area contributed by atoms with Crippen molar-refractivity contribution in [2.24, 2.45) is 5.73 Å². The average molecular weight is 246 g/mol. The summed E-state index contributed by atoms with van der Waals surface area (Å²) in [6, 6.07) is 9.84. The largest absolute Gasteiger partial charge is 0.361 e. The molecule has 4 heteroatoms. The smallest absolute Gasteiger partial charge is 0.312 e. The molecule has 0 spiro atoms. The lowest BCUT2D eigenvalue weighted by Crippen LogP contribution is -2.49. The van der Waals surface area contributed by atoms with E-state index in [0.29, 0.717) is 0 Å². The molecule has 1 aliphatic rings. The van der Waals surface area contributed by atoms with Crippen LogP contribution in [0.2, 0.25) is 0 Å². The highest BCUT2D eigenvalue weighted by Gasteiger charge is 2.34. The predicted octanol–water partition coefficient (Wildman–Crippen LogP) is 1.61. The fourth-order valence-electron chi connectivity index (χ4n) is 2.66. The molecule has 2 amide bonds. The normalized spacial score (nSPS) is 23.7. The molecule has 0 saturated carbocycles. The molecule has 0 unspecified atom stereocenters. The number of benzene rings is 1. The molecular formula is C14H18N2O2. The SMILES string of the molecule is C[C@@H]1CCC[C@H](c2ccccc2)N1C(=O)C(N)=O. The summed E-state index contributed by atoms with van der Waals surface area (Å²) in [5, 5.41) is 0. The third kappa shape index (κ3) is 2.37. The van der Waals surface area contributed by atoms with Crippen LogP contribution in [0.15, 0.2) is 30.3 Å². The lowest BCUT2D eigenvalue weighted by Gasteiger charge is -2.40. The highest BCUT2D eigenvalue weighted by molar-refractivity contribution is 6.34. The van der Waals surface area contributed by atoms with E-state index < -0.39 is 11.8 Å². The van der Waals surface area contributed by atoms with Gasteiger partial charge in [0.1, 0.15) is 0 Å². The summed E-state index contributed by atoms with van der Waals surface area (Å²) in [5.74, 6) is -1.44. The predicted molar refractivity (Wildman–Crippen MR) is 68.5 cm³/mol. The molecule has 1 aromatic carbocycles.